The fourth-order valence-electron chi connectivity index (χ4n) is 1.64. The van der Waals surface area contributed by atoms with Crippen molar-refractivity contribution in [3.63, 3.8) is 0 Å². The fraction of sp³-hybridized carbons (Fsp3) is 0.200. The molecule has 0 fully saturated rings. The maximum absolute atomic E-state index is 11.6. The first-order valence-corrected chi connectivity index (χ1v) is 4.56. The third-order valence-corrected chi connectivity index (χ3v) is 2.34. The van der Waals surface area contributed by atoms with Gasteiger partial charge in [0.05, 0.1) is 0 Å². The van der Waals surface area contributed by atoms with Crippen LogP contribution in [0.5, 0.6) is 0 Å². The summed E-state index contributed by atoms with van der Waals surface area (Å²) in [4.78, 5) is 22.2. The summed E-state index contributed by atoms with van der Waals surface area (Å²) in [5, 5.41) is 5.42. The molecule has 1 unspecified atom stereocenters. The lowest BCUT2D eigenvalue weighted by Gasteiger charge is -2.02. The van der Waals surface area contributed by atoms with Crippen LogP contribution in [-0.2, 0) is 4.79 Å². The molecule has 1 atom stereocenters. The molecule has 1 amide bonds. The van der Waals surface area contributed by atoms with Crippen LogP contribution >= 0.6 is 0 Å². The van der Waals surface area contributed by atoms with E-state index in [2.05, 4.69) is 10.6 Å². The van der Waals surface area contributed by atoms with E-state index >= 15 is 0 Å². The summed E-state index contributed by atoms with van der Waals surface area (Å²) >= 11 is 0. The Morgan fingerprint density at radius 3 is 2.60 bits per heavy atom. The Morgan fingerprint density at radius 1 is 1.33 bits per heavy atom. The topological polar surface area (TPSA) is 61.5 Å². The molecule has 0 spiro atoms. The van der Waals surface area contributed by atoms with Crippen LogP contribution in [0.4, 0.5) is 0 Å². The van der Waals surface area contributed by atoms with E-state index in [0.717, 1.165) is 10.2 Å². The first-order valence-electron chi connectivity index (χ1n) is 4.56. The molecule has 1 N–H and O–H groups in total. The predicted octanol–water partition coefficient (Wildman–Crippen LogP) is 0.970. The number of rotatable bonds is 2. The summed E-state index contributed by atoms with van der Waals surface area (Å²) in [5.41, 5.74) is 0.756. The number of nitroso groups, excluding NO2 is 1. The molecule has 5 nitrogen and oxygen atoms in total. The summed E-state index contributed by atoms with van der Waals surface area (Å²) in [6, 6.07) is 8.44. The predicted molar refractivity (Wildman–Crippen MR) is 54.1 cm³/mol. The number of hydrogen-bond donors (Lipinski definition) is 1. The largest absolute Gasteiger partial charge is 0.359 e. The zero-order chi connectivity index (χ0) is 10.8. The summed E-state index contributed by atoms with van der Waals surface area (Å²) in [5.74, 6) is 0.238. The van der Waals surface area contributed by atoms with E-state index in [-0.39, 0.29) is 5.91 Å². The first kappa shape index (κ1) is 9.51. The zero-order valence-corrected chi connectivity index (χ0v) is 8.18. The third-order valence-electron chi connectivity index (χ3n) is 2.34. The van der Waals surface area contributed by atoms with Gasteiger partial charge in [-0.3, -0.25) is 0 Å². The number of nitrogens with zero attached hydrogens (tertiary/aromatic N) is 2. The number of amides is 1. The molecule has 15 heavy (non-hydrogen) atoms. The maximum Gasteiger partial charge on any atom is 0.359 e. The van der Waals surface area contributed by atoms with Crippen LogP contribution in [-0.4, -0.2) is 16.4 Å². The second-order valence-corrected chi connectivity index (χ2v) is 3.31. The number of benzene rings is 1. The van der Waals surface area contributed by atoms with E-state index in [0.29, 0.717) is 5.84 Å². The highest BCUT2D eigenvalue weighted by molar-refractivity contribution is 6.00. The molecule has 76 valence electrons. The third kappa shape index (κ3) is 1.52. The van der Waals surface area contributed by atoms with E-state index in [9.17, 15) is 9.70 Å². The average Bonchev–Trinajstić information content (AvgIpc) is 2.54. The summed E-state index contributed by atoms with van der Waals surface area (Å²) in [7, 11) is 0. The Balaban J connectivity index is 2.45. The zero-order valence-electron chi connectivity index (χ0n) is 8.18. The van der Waals surface area contributed by atoms with Crippen LogP contribution in [0.2, 0.25) is 0 Å². The Labute approximate surface area is 86.4 Å². The lowest BCUT2D eigenvalue weighted by molar-refractivity contribution is -0.561. The van der Waals surface area contributed by atoms with E-state index < -0.39 is 6.04 Å². The van der Waals surface area contributed by atoms with Crippen LogP contribution < -0.4 is 5.32 Å². The van der Waals surface area contributed by atoms with E-state index in [1.165, 1.54) is 0 Å². The highest BCUT2D eigenvalue weighted by Gasteiger charge is 2.41. The molecule has 1 aliphatic heterocycles. The van der Waals surface area contributed by atoms with Crippen molar-refractivity contribution in [1.29, 1.82) is 0 Å². The van der Waals surface area contributed by atoms with Crippen LogP contribution in [0, 0.1) is 4.91 Å². The molecule has 0 aliphatic carbocycles. The normalized spacial score (nSPS) is 20.3. The number of nitrogens with one attached hydrogen (secondary N) is 1. The molecule has 1 aromatic rings. The van der Waals surface area contributed by atoms with Gasteiger partial charge in [0.15, 0.2) is 5.29 Å². The van der Waals surface area contributed by atoms with Gasteiger partial charge in [0.1, 0.15) is 0 Å². The Hall–Kier alpha value is -2.04. The summed E-state index contributed by atoms with van der Waals surface area (Å²) in [6.45, 7) is 1.64. The second kappa shape index (κ2) is 3.61. The number of hydrogen-bond acceptors (Lipinski definition) is 3. The summed E-state index contributed by atoms with van der Waals surface area (Å²) < 4.78 is 1.15. The highest BCUT2D eigenvalue weighted by atomic mass is 16.3. The minimum absolute atomic E-state index is 0.224. The molecular formula is C10H10N3O2+. The lowest BCUT2D eigenvalue weighted by Crippen LogP contribution is -2.23. The van der Waals surface area contributed by atoms with Crippen molar-refractivity contribution in [1.82, 2.24) is 5.32 Å². The minimum atomic E-state index is -0.635. The van der Waals surface area contributed by atoms with E-state index in [4.69, 9.17) is 0 Å². The van der Waals surface area contributed by atoms with Gasteiger partial charge < -0.3 is 0 Å². The molecule has 2 rings (SSSR count). The molecule has 1 aromatic carbocycles. The van der Waals surface area contributed by atoms with Gasteiger partial charge >= 0.3 is 5.91 Å². The number of amidine groups is 1. The van der Waals surface area contributed by atoms with Gasteiger partial charge in [0.2, 0.25) is 0 Å². The van der Waals surface area contributed by atoms with Crippen molar-refractivity contribution >= 4 is 11.7 Å². The Morgan fingerprint density at radius 2 is 2.00 bits per heavy atom. The summed E-state index contributed by atoms with van der Waals surface area (Å²) in [6.07, 6.45) is 0. The molecule has 0 radical (unpaired) electrons. The molecule has 0 saturated heterocycles. The molecular weight excluding hydrogens is 194 g/mol. The van der Waals surface area contributed by atoms with Crippen LogP contribution in [0.25, 0.3) is 0 Å². The highest BCUT2D eigenvalue weighted by Crippen LogP contribution is 2.20. The average molecular weight is 204 g/mol. The van der Waals surface area contributed by atoms with Crippen LogP contribution in [0.1, 0.15) is 18.5 Å². The van der Waals surface area contributed by atoms with Gasteiger partial charge in [-0.05, 0) is 0 Å². The van der Waals surface area contributed by atoms with Gasteiger partial charge in [-0.25, -0.2) is 10.1 Å². The minimum Gasteiger partial charge on any atom is -0.241 e. The van der Waals surface area contributed by atoms with Crippen molar-refractivity contribution in [2.45, 2.75) is 13.0 Å². The first-order chi connectivity index (χ1) is 7.24. The monoisotopic (exact) mass is 204 g/mol. The number of carbonyl (C=O) groups excluding carboxylic acids is 1. The standard InChI is InChI=1S/C10H9N3O2/c1-7-11-10(14)9(13(7)12-15)8-5-3-2-4-6-8/h2-6,9H,1H3/p+1. The maximum atomic E-state index is 11.6. The molecule has 0 bridgehead atoms. The Kier molecular flexibility index (Phi) is 2.29. The van der Waals surface area contributed by atoms with E-state index in [1.54, 1.807) is 19.1 Å². The van der Waals surface area contributed by atoms with Crippen LogP contribution in [0.3, 0.4) is 0 Å². The van der Waals surface area contributed by atoms with Crippen molar-refractivity contribution in [2.75, 3.05) is 0 Å². The lowest BCUT2D eigenvalue weighted by atomic mass is 10.1. The van der Waals surface area contributed by atoms with Crippen LogP contribution in [0.15, 0.2) is 35.6 Å². The fourth-order valence-corrected chi connectivity index (χ4v) is 1.64. The van der Waals surface area contributed by atoms with Crippen molar-refractivity contribution in [3.8, 4) is 0 Å². The van der Waals surface area contributed by atoms with Gasteiger partial charge in [-0.2, -0.15) is 0 Å². The molecule has 0 saturated carbocycles. The van der Waals surface area contributed by atoms with E-state index in [1.807, 2.05) is 18.2 Å². The second-order valence-electron chi connectivity index (χ2n) is 3.31. The Bertz CT molecular complexity index is 439. The van der Waals surface area contributed by atoms with Gasteiger partial charge in [0.25, 0.3) is 11.9 Å². The van der Waals surface area contributed by atoms with Gasteiger partial charge in [0, 0.05) is 12.5 Å². The molecule has 1 heterocycles. The van der Waals surface area contributed by atoms with Gasteiger partial charge in [-0.1, -0.05) is 35.0 Å². The van der Waals surface area contributed by atoms with Crippen molar-refractivity contribution < 1.29 is 9.48 Å². The molecule has 1 aliphatic rings. The molecule has 5 heteroatoms. The smallest absolute Gasteiger partial charge is 0.241 e. The van der Waals surface area contributed by atoms with Gasteiger partial charge in [-0.15, -0.1) is 4.91 Å². The molecule has 0 aromatic heterocycles. The van der Waals surface area contributed by atoms with Crippen molar-refractivity contribution in [2.24, 2.45) is 5.29 Å². The van der Waals surface area contributed by atoms with Crippen molar-refractivity contribution in [3.05, 3.63) is 40.8 Å². The quantitative estimate of drug-likeness (QED) is 0.576. The number of carbonyl (C=O) groups is 1. The SMILES string of the molecule is CC1=[N+](N=O)C(c2ccccc2)C(=O)N1.